The van der Waals surface area contributed by atoms with Gasteiger partial charge in [0.15, 0.2) is 11.5 Å². The van der Waals surface area contributed by atoms with Gasteiger partial charge < -0.3 is 20.6 Å². The van der Waals surface area contributed by atoms with E-state index in [-0.39, 0.29) is 5.56 Å². The van der Waals surface area contributed by atoms with Gasteiger partial charge in [-0.15, -0.1) is 0 Å². The zero-order valence-electron chi connectivity index (χ0n) is 9.81. The Kier molecular flexibility index (Phi) is 4.43. The zero-order valence-corrected chi connectivity index (χ0v) is 9.81. The molecule has 4 N–H and O–H groups in total. The largest absolute Gasteiger partial charge is 0.504 e. The lowest BCUT2D eigenvalue weighted by atomic mass is 10.1. The fourth-order valence-corrected chi connectivity index (χ4v) is 1.37. The van der Waals surface area contributed by atoms with Crippen molar-refractivity contribution in [1.29, 1.82) is 0 Å². The number of nitrogens with one attached hydrogen (secondary N) is 1. The lowest BCUT2D eigenvalue weighted by molar-refractivity contribution is -0.175. The van der Waals surface area contributed by atoms with Crippen LogP contribution in [-0.4, -0.2) is 39.4 Å². The Balaban J connectivity index is 2.85. The Labute approximate surface area is 110 Å². The van der Waals surface area contributed by atoms with Crippen LogP contribution in [0, 0.1) is 0 Å². The number of carboxylic acid groups (broad SMARTS) is 1. The minimum absolute atomic E-state index is 0.134. The van der Waals surface area contributed by atoms with Crippen molar-refractivity contribution in [2.75, 3.05) is 0 Å². The number of alkyl halides is 3. The number of hydrogen-bond acceptors (Lipinski definition) is 4. The number of rotatable bonds is 4. The summed E-state index contributed by atoms with van der Waals surface area (Å²) < 4.78 is 36.2. The summed E-state index contributed by atoms with van der Waals surface area (Å²) in [7, 11) is 0. The molecule has 0 aromatic heterocycles. The quantitative estimate of drug-likeness (QED) is 0.613. The molecule has 1 amide bonds. The first-order valence-electron chi connectivity index (χ1n) is 5.22. The van der Waals surface area contributed by atoms with Gasteiger partial charge in [0.2, 0.25) is 0 Å². The van der Waals surface area contributed by atoms with E-state index in [1.54, 1.807) is 0 Å². The van der Waals surface area contributed by atoms with E-state index in [4.69, 9.17) is 10.2 Å². The summed E-state index contributed by atoms with van der Waals surface area (Å²) in [5.41, 5.74) is 0.134. The maximum Gasteiger partial charge on any atom is 0.471 e. The lowest BCUT2D eigenvalue weighted by Gasteiger charge is -2.16. The number of amides is 1. The topological polar surface area (TPSA) is 107 Å². The first-order chi connectivity index (χ1) is 9.11. The summed E-state index contributed by atoms with van der Waals surface area (Å²) in [5.74, 6) is -5.03. The SMILES string of the molecule is O=C(O)C(Cc1ccc(O)c(O)c1)NC(=O)C(F)(F)F. The molecule has 0 aliphatic carbocycles. The van der Waals surface area contributed by atoms with Crippen molar-refractivity contribution in [3.8, 4) is 11.5 Å². The van der Waals surface area contributed by atoms with E-state index in [1.807, 2.05) is 0 Å². The molecule has 20 heavy (non-hydrogen) atoms. The maximum atomic E-state index is 12.1. The predicted molar refractivity (Wildman–Crippen MR) is 59.1 cm³/mol. The third-order valence-corrected chi connectivity index (χ3v) is 2.34. The second kappa shape index (κ2) is 5.68. The molecule has 1 aromatic carbocycles. The Morgan fingerprint density at radius 1 is 1.20 bits per heavy atom. The molecule has 1 rings (SSSR count). The number of benzene rings is 1. The van der Waals surface area contributed by atoms with E-state index < -0.39 is 42.0 Å². The third kappa shape index (κ3) is 4.04. The standard InChI is InChI=1S/C11H10F3NO5/c12-11(13,14)10(20)15-6(9(18)19)3-5-1-2-7(16)8(17)4-5/h1-2,4,6,16-17H,3H2,(H,15,20)(H,18,19). The average Bonchev–Trinajstić information content (AvgIpc) is 2.31. The summed E-state index contributed by atoms with van der Waals surface area (Å²) in [6, 6.07) is 1.44. The highest BCUT2D eigenvalue weighted by molar-refractivity contribution is 5.87. The summed E-state index contributed by atoms with van der Waals surface area (Å²) >= 11 is 0. The monoisotopic (exact) mass is 293 g/mol. The van der Waals surface area contributed by atoms with Gasteiger partial charge in [0.1, 0.15) is 6.04 Å². The van der Waals surface area contributed by atoms with E-state index in [0.717, 1.165) is 12.1 Å². The molecular formula is C11H10F3NO5. The molecule has 6 nitrogen and oxygen atoms in total. The predicted octanol–water partition coefficient (Wildman–Crippen LogP) is 0.772. The molecule has 0 aliphatic heterocycles. The van der Waals surface area contributed by atoms with Gasteiger partial charge in [-0.1, -0.05) is 6.07 Å². The van der Waals surface area contributed by atoms with Crippen molar-refractivity contribution < 1.29 is 38.1 Å². The third-order valence-electron chi connectivity index (χ3n) is 2.34. The van der Waals surface area contributed by atoms with Crippen LogP contribution in [0.4, 0.5) is 13.2 Å². The minimum Gasteiger partial charge on any atom is -0.504 e. The van der Waals surface area contributed by atoms with E-state index >= 15 is 0 Å². The molecule has 1 aromatic rings. The van der Waals surface area contributed by atoms with Crippen LogP contribution in [0.15, 0.2) is 18.2 Å². The van der Waals surface area contributed by atoms with Crippen LogP contribution >= 0.6 is 0 Å². The van der Waals surface area contributed by atoms with Crippen LogP contribution in [0.5, 0.6) is 11.5 Å². The summed E-state index contributed by atoms with van der Waals surface area (Å²) in [6.45, 7) is 0. The van der Waals surface area contributed by atoms with Crippen LogP contribution in [0.3, 0.4) is 0 Å². The van der Waals surface area contributed by atoms with Crippen LogP contribution in [0.25, 0.3) is 0 Å². The Hall–Kier alpha value is -2.45. The highest BCUT2D eigenvalue weighted by Gasteiger charge is 2.40. The second-order valence-corrected chi connectivity index (χ2v) is 3.89. The van der Waals surface area contributed by atoms with Crippen molar-refractivity contribution in [2.24, 2.45) is 0 Å². The number of carbonyl (C=O) groups excluding carboxylic acids is 1. The van der Waals surface area contributed by atoms with Gasteiger partial charge in [0, 0.05) is 6.42 Å². The molecule has 0 spiro atoms. The first kappa shape index (κ1) is 15.6. The Morgan fingerprint density at radius 2 is 1.80 bits per heavy atom. The number of carboxylic acids is 1. The fourth-order valence-electron chi connectivity index (χ4n) is 1.37. The molecule has 9 heteroatoms. The highest BCUT2D eigenvalue weighted by Crippen LogP contribution is 2.25. The first-order valence-corrected chi connectivity index (χ1v) is 5.22. The van der Waals surface area contributed by atoms with Gasteiger partial charge in [-0.2, -0.15) is 13.2 Å². The molecule has 0 saturated heterocycles. The van der Waals surface area contributed by atoms with E-state index in [2.05, 4.69) is 0 Å². The smallest absolute Gasteiger partial charge is 0.471 e. The number of aliphatic carboxylic acids is 1. The fraction of sp³-hybridized carbons (Fsp3) is 0.273. The van der Waals surface area contributed by atoms with E-state index in [1.165, 1.54) is 11.4 Å². The van der Waals surface area contributed by atoms with Gasteiger partial charge in [-0.05, 0) is 17.7 Å². The van der Waals surface area contributed by atoms with E-state index in [0.29, 0.717) is 0 Å². The molecule has 0 aliphatic rings. The van der Waals surface area contributed by atoms with Crippen LogP contribution in [0.1, 0.15) is 5.56 Å². The number of phenols is 2. The van der Waals surface area contributed by atoms with Crippen molar-refractivity contribution in [1.82, 2.24) is 5.32 Å². The Bertz CT molecular complexity index is 529. The number of halogens is 3. The highest BCUT2D eigenvalue weighted by atomic mass is 19.4. The molecular weight excluding hydrogens is 283 g/mol. The normalized spacial score (nSPS) is 12.8. The van der Waals surface area contributed by atoms with Crippen LogP contribution < -0.4 is 5.32 Å². The molecule has 0 saturated carbocycles. The molecule has 0 fully saturated rings. The summed E-state index contributed by atoms with van der Waals surface area (Å²) in [4.78, 5) is 21.5. The molecule has 0 bridgehead atoms. The summed E-state index contributed by atoms with van der Waals surface area (Å²) in [5, 5.41) is 28.4. The number of hydrogen-bond donors (Lipinski definition) is 4. The lowest BCUT2D eigenvalue weighted by Crippen LogP contribution is -2.47. The number of carbonyl (C=O) groups is 2. The van der Waals surface area contributed by atoms with Crippen molar-refractivity contribution in [3.63, 3.8) is 0 Å². The van der Waals surface area contributed by atoms with Crippen molar-refractivity contribution in [3.05, 3.63) is 23.8 Å². The second-order valence-electron chi connectivity index (χ2n) is 3.89. The summed E-state index contributed by atoms with van der Waals surface area (Å²) in [6.07, 6.45) is -5.67. The van der Waals surface area contributed by atoms with Gasteiger partial charge in [-0.3, -0.25) is 4.79 Å². The van der Waals surface area contributed by atoms with Crippen molar-refractivity contribution in [2.45, 2.75) is 18.6 Å². The number of phenolic OH excluding ortho intramolecular Hbond substituents is 2. The maximum absolute atomic E-state index is 12.1. The molecule has 0 heterocycles. The van der Waals surface area contributed by atoms with Gasteiger partial charge >= 0.3 is 18.1 Å². The minimum atomic E-state index is -5.19. The molecule has 1 atom stereocenters. The van der Waals surface area contributed by atoms with E-state index in [9.17, 15) is 27.9 Å². The zero-order chi connectivity index (χ0) is 15.5. The van der Waals surface area contributed by atoms with Crippen LogP contribution in [0.2, 0.25) is 0 Å². The number of aromatic hydroxyl groups is 2. The average molecular weight is 293 g/mol. The molecule has 1 unspecified atom stereocenters. The van der Waals surface area contributed by atoms with Crippen LogP contribution in [-0.2, 0) is 16.0 Å². The molecule has 110 valence electrons. The molecule has 0 radical (unpaired) electrons. The van der Waals surface area contributed by atoms with Gasteiger partial charge in [0.05, 0.1) is 0 Å². The Morgan fingerprint density at radius 3 is 2.25 bits per heavy atom. The van der Waals surface area contributed by atoms with Gasteiger partial charge in [-0.25, -0.2) is 4.79 Å². The van der Waals surface area contributed by atoms with Gasteiger partial charge in [0.25, 0.3) is 0 Å². The van der Waals surface area contributed by atoms with Crippen molar-refractivity contribution >= 4 is 11.9 Å².